The highest BCUT2D eigenvalue weighted by atomic mass is 19.1. The summed E-state index contributed by atoms with van der Waals surface area (Å²) < 4.78 is 44.9. The molecule has 75 heavy (non-hydrogen) atoms. The molecule has 0 saturated carbocycles. The zero-order chi connectivity index (χ0) is 51.7. The van der Waals surface area contributed by atoms with Crippen molar-refractivity contribution in [2.24, 2.45) is 0 Å². The monoisotopic (exact) mass is 1020 g/mol. The fourth-order valence-electron chi connectivity index (χ4n) is 12.6. The number of aromatic nitrogens is 3. The molecular weight excluding hydrogens is 965 g/mol. The van der Waals surface area contributed by atoms with Crippen molar-refractivity contribution in [3.8, 4) is 29.6 Å². The highest BCUT2D eigenvalue weighted by molar-refractivity contribution is 6.25. The van der Waals surface area contributed by atoms with E-state index in [0.717, 1.165) is 36.2 Å². The zero-order valence-corrected chi connectivity index (χ0v) is 41.2. The minimum absolute atomic E-state index is 0.0130. The van der Waals surface area contributed by atoms with Gasteiger partial charge in [-0.05, 0) is 62.1 Å². The fraction of sp³-hybridized carbons (Fsp3) is 0.418. The molecule has 9 heterocycles. The summed E-state index contributed by atoms with van der Waals surface area (Å²) in [4.78, 5) is 88.3. The van der Waals surface area contributed by atoms with Crippen LogP contribution < -0.4 is 25.6 Å². The molecule has 6 saturated heterocycles. The number of hydrogen-bond acceptors (Lipinski definition) is 15. The molecule has 6 fully saturated rings. The molecule has 12 rings (SSSR count). The van der Waals surface area contributed by atoms with Crippen molar-refractivity contribution in [3.63, 3.8) is 0 Å². The molecule has 7 aliphatic heterocycles. The highest BCUT2D eigenvalue weighted by Gasteiger charge is 2.52. The van der Waals surface area contributed by atoms with Crippen LogP contribution in [0.1, 0.15) is 71.2 Å². The van der Waals surface area contributed by atoms with E-state index < -0.39 is 46.8 Å². The van der Waals surface area contributed by atoms with Crippen molar-refractivity contribution in [1.82, 2.24) is 45.2 Å². The first-order chi connectivity index (χ1) is 36.4. The molecule has 18 nitrogen and oxygen atoms in total. The lowest BCUT2D eigenvalue weighted by Crippen LogP contribution is -2.54. The number of hydrogen-bond donors (Lipinski definition) is 3. The number of carbonyl (C=O) groups excluding carboxylic acids is 5. The first kappa shape index (κ1) is 48.3. The minimum atomic E-state index is -1.05. The van der Waals surface area contributed by atoms with E-state index in [1.807, 2.05) is 0 Å². The van der Waals surface area contributed by atoms with Crippen molar-refractivity contribution < 1.29 is 42.2 Å². The number of piperazine rings is 2. The number of pyridine rings is 1. The van der Waals surface area contributed by atoms with Crippen LogP contribution in [0.25, 0.3) is 32.9 Å². The normalized spacial score (nSPS) is 24.8. The van der Waals surface area contributed by atoms with Crippen molar-refractivity contribution in [2.45, 2.75) is 74.7 Å². The van der Waals surface area contributed by atoms with Crippen LogP contribution in [0, 0.1) is 24.0 Å². The molecule has 2 aromatic heterocycles. The molecule has 0 spiro atoms. The number of nitrogens with zero attached hydrogens (tertiary/aromatic N) is 8. The summed E-state index contributed by atoms with van der Waals surface area (Å²) in [5.41, 5.74) is 1.86. The standard InChI is InChI=1S/C55H55F2N11O7/c1-3-36-40(56)13-10-32-6-4-7-37(44(32)36)47-46(57)48-39(25-59-47)49(66-27-33-11-12-34(28-66)60-33)63-53(62-48)75-30-55-17-16-35(67(55)26-31(2)24-55)29-74-54(73)65-22-20-64(21-23-65)19-18-58-41-9-5-8-38-45(41)52(72)68(51(38)71)42-14-15-43(69)61-50(42)70/h1,4-10,13,25,33-35,42,58,60H,2,11-12,14-24,26-30H2,(H,61,69,70)/t33-,34+,35-,42?,55-/m0/s1. The summed E-state index contributed by atoms with van der Waals surface area (Å²) in [5, 5.41) is 10.7. The second kappa shape index (κ2) is 19.3. The number of piperidine rings is 1. The fourth-order valence-corrected chi connectivity index (χ4v) is 12.6. The van der Waals surface area contributed by atoms with E-state index in [-0.39, 0.29) is 84.2 Å². The van der Waals surface area contributed by atoms with Gasteiger partial charge in [-0.25, -0.2) is 13.6 Å². The maximum atomic E-state index is 17.2. The van der Waals surface area contributed by atoms with Gasteiger partial charge in [0.2, 0.25) is 11.8 Å². The van der Waals surface area contributed by atoms with Crippen LogP contribution >= 0.6 is 0 Å². The molecule has 0 radical (unpaired) electrons. The van der Waals surface area contributed by atoms with E-state index >= 15 is 8.78 Å². The average molecular weight is 1020 g/mol. The predicted octanol–water partition coefficient (Wildman–Crippen LogP) is 4.85. The number of carbonyl (C=O) groups is 5. The smallest absolute Gasteiger partial charge is 0.409 e. The molecule has 5 aromatic rings. The number of ether oxygens (including phenoxy) is 2. The van der Waals surface area contributed by atoms with E-state index in [1.165, 1.54) is 6.07 Å². The quantitative estimate of drug-likeness (QED) is 0.0872. The molecule has 3 N–H and O–H groups in total. The third-order valence-electron chi connectivity index (χ3n) is 16.2. The predicted molar refractivity (Wildman–Crippen MR) is 273 cm³/mol. The van der Waals surface area contributed by atoms with Gasteiger partial charge >= 0.3 is 12.1 Å². The first-order valence-electron chi connectivity index (χ1n) is 25.7. The van der Waals surface area contributed by atoms with Gasteiger partial charge in [0, 0.05) is 106 Å². The van der Waals surface area contributed by atoms with Gasteiger partial charge in [-0.2, -0.15) is 9.97 Å². The molecule has 386 valence electrons. The van der Waals surface area contributed by atoms with E-state index in [2.05, 4.69) is 48.1 Å². The van der Waals surface area contributed by atoms with Crippen LogP contribution in [0.3, 0.4) is 0 Å². The van der Waals surface area contributed by atoms with Gasteiger partial charge < -0.3 is 29.9 Å². The SMILES string of the molecule is C#Cc1c(F)ccc2cccc(-c3ncc4c(N5C[C@H]6CC[C@@H](C5)N6)nc(OC[C@@]56CC[C@@H](COC(=O)N7CCN(CCNc8cccc9c8C(=O)N(C8CCC(=O)NC8=O)C9=O)CC7)N5CC(=C)C6)nc4c3F)c12. The number of rotatable bonds is 12. The summed E-state index contributed by atoms with van der Waals surface area (Å²) in [6.45, 7) is 9.87. The highest BCUT2D eigenvalue weighted by Crippen LogP contribution is 2.45. The summed E-state index contributed by atoms with van der Waals surface area (Å²) in [5.74, 6) is -0.511. The van der Waals surface area contributed by atoms with Gasteiger partial charge in [0.05, 0.1) is 27.6 Å². The Bertz CT molecular complexity index is 3280. The number of amides is 5. The van der Waals surface area contributed by atoms with Crippen molar-refractivity contribution in [2.75, 3.05) is 82.3 Å². The summed E-state index contributed by atoms with van der Waals surface area (Å²) in [6.07, 6.45) is 11.3. The summed E-state index contributed by atoms with van der Waals surface area (Å²) in [7, 11) is 0. The Morgan fingerprint density at radius 3 is 2.52 bits per heavy atom. The number of terminal acetylenes is 1. The maximum absolute atomic E-state index is 17.2. The van der Waals surface area contributed by atoms with Crippen molar-refractivity contribution >= 4 is 62.9 Å². The van der Waals surface area contributed by atoms with Crippen LogP contribution in [0.15, 0.2) is 66.9 Å². The van der Waals surface area contributed by atoms with Gasteiger partial charge in [0.15, 0.2) is 5.82 Å². The van der Waals surface area contributed by atoms with Crippen LogP contribution in [0.2, 0.25) is 0 Å². The van der Waals surface area contributed by atoms with Crippen LogP contribution in [-0.4, -0.2) is 166 Å². The Morgan fingerprint density at radius 2 is 1.73 bits per heavy atom. The van der Waals surface area contributed by atoms with Gasteiger partial charge in [0.1, 0.15) is 42.1 Å². The van der Waals surface area contributed by atoms with Crippen molar-refractivity contribution in [1.29, 1.82) is 0 Å². The van der Waals surface area contributed by atoms with E-state index in [4.69, 9.17) is 25.9 Å². The third kappa shape index (κ3) is 8.65. The average Bonchev–Trinajstić information content (AvgIpc) is 4.13. The Balaban J connectivity index is 0.688. The lowest BCUT2D eigenvalue weighted by molar-refractivity contribution is -0.136. The lowest BCUT2D eigenvalue weighted by atomic mass is 9.94. The Kier molecular flexibility index (Phi) is 12.4. The molecular formula is C55H55F2N11O7. The van der Waals surface area contributed by atoms with E-state index in [0.29, 0.717) is 98.6 Å². The Labute approximate surface area is 430 Å². The largest absolute Gasteiger partial charge is 0.461 e. The molecule has 2 bridgehead atoms. The summed E-state index contributed by atoms with van der Waals surface area (Å²) >= 11 is 0. The Hall–Kier alpha value is -7.60. The molecule has 5 amide bonds. The van der Waals surface area contributed by atoms with Gasteiger partial charge in [-0.3, -0.25) is 44.2 Å². The number of nitrogens with one attached hydrogen (secondary N) is 3. The minimum Gasteiger partial charge on any atom is -0.461 e. The number of benzene rings is 3. The number of anilines is 2. The topological polar surface area (TPSA) is 195 Å². The Morgan fingerprint density at radius 1 is 0.947 bits per heavy atom. The van der Waals surface area contributed by atoms with E-state index in [9.17, 15) is 24.0 Å². The molecule has 1 unspecified atom stereocenters. The number of fused-ring (bicyclic) bond motifs is 6. The third-order valence-corrected chi connectivity index (χ3v) is 16.2. The van der Waals surface area contributed by atoms with Crippen LogP contribution in [-0.2, 0) is 14.3 Å². The summed E-state index contributed by atoms with van der Waals surface area (Å²) in [6, 6.07) is 12.6. The molecule has 0 aliphatic carbocycles. The van der Waals surface area contributed by atoms with Gasteiger partial charge in [0.25, 0.3) is 11.8 Å². The van der Waals surface area contributed by atoms with Crippen molar-refractivity contribution in [3.05, 3.63) is 95.2 Å². The lowest BCUT2D eigenvalue weighted by Gasteiger charge is -2.36. The molecule has 5 atom stereocenters. The first-order valence-corrected chi connectivity index (χ1v) is 25.7. The second-order valence-electron chi connectivity index (χ2n) is 20.8. The number of halogens is 2. The molecule has 3 aromatic carbocycles. The maximum Gasteiger partial charge on any atom is 0.409 e. The molecule has 20 heteroatoms. The second-order valence-corrected chi connectivity index (χ2v) is 20.8. The van der Waals surface area contributed by atoms with Crippen LogP contribution in [0.4, 0.5) is 25.1 Å². The van der Waals surface area contributed by atoms with E-state index in [1.54, 1.807) is 53.6 Å². The number of imide groups is 2. The zero-order valence-electron chi connectivity index (χ0n) is 41.2. The molecule has 7 aliphatic rings. The van der Waals surface area contributed by atoms with Gasteiger partial charge in [-0.1, -0.05) is 48.4 Å². The van der Waals surface area contributed by atoms with Gasteiger partial charge in [-0.15, -0.1) is 6.42 Å². The van der Waals surface area contributed by atoms with Crippen LogP contribution in [0.5, 0.6) is 6.01 Å².